The molecule has 2 fully saturated rings. The molecule has 8 heteroatoms. The third kappa shape index (κ3) is 5.84. The molecule has 180 valence electrons. The summed E-state index contributed by atoms with van der Waals surface area (Å²) in [5.74, 6) is 0.0250. The zero-order chi connectivity index (χ0) is 24.0. The standard InChI is InChI=1S/C26H31N3O4S/c27-19-24(28-26(30)23-4-2-1-3-5-23)18-20-6-8-21(9-7-20)22-10-12-25(13-11-22)34(31,32)29-14-16-33-17-15-29/h6-13,23-24H,1-5,14-18H2,(H,28,30)/t24-/m0/s1. The molecule has 2 aliphatic rings. The van der Waals surface area contributed by atoms with Crippen LogP contribution >= 0.6 is 0 Å². The number of sulfonamides is 1. The van der Waals surface area contributed by atoms with Crippen LogP contribution in [0.2, 0.25) is 0 Å². The van der Waals surface area contributed by atoms with Crippen LogP contribution in [0.1, 0.15) is 37.7 Å². The average Bonchev–Trinajstić information content (AvgIpc) is 2.89. The zero-order valence-electron chi connectivity index (χ0n) is 19.3. The topological polar surface area (TPSA) is 99.5 Å². The number of nitrogens with zero attached hydrogens (tertiary/aromatic N) is 2. The lowest BCUT2D eigenvalue weighted by atomic mass is 9.88. The number of nitrogens with one attached hydrogen (secondary N) is 1. The molecule has 2 aromatic carbocycles. The fourth-order valence-corrected chi connectivity index (χ4v) is 6.02. The lowest BCUT2D eigenvalue weighted by molar-refractivity contribution is -0.126. The number of hydrogen-bond donors (Lipinski definition) is 1. The van der Waals surface area contributed by atoms with E-state index in [-0.39, 0.29) is 16.7 Å². The Hall–Kier alpha value is -2.73. The summed E-state index contributed by atoms with van der Waals surface area (Å²) in [4.78, 5) is 12.8. The number of amides is 1. The minimum absolute atomic E-state index is 0.00464. The van der Waals surface area contributed by atoms with E-state index in [2.05, 4.69) is 11.4 Å². The fourth-order valence-electron chi connectivity index (χ4n) is 4.61. The van der Waals surface area contributed by atoms with E-state index < -0.39 is 16.1 Å². The van der Waals surface area contributed by atoms with E-state index in [0.717, 1.165) is 42.4 Å². The first-order valence-corrected chi connectivity index (χ1v) is 13.4. The molecule has 1 saturated carbocycles. The third-order valence-corrected chi connectivity index (χ3v) is 8.55. The maximum Gasteiger partial charge on any atom is 0.243 e. The van der Waals surface area contributed by atoms with Crippen molar-refractivity contribution in [2.45, 2.75) is 49.5 Å². The van der Waals surface area contributed by atoms with Crippen LogP contribution in [0.5, 0.6) is 0 Å². The van der Waals surface area contributed by atoms with Crippen molar-refractivity contribution in [2.24, 2.45) is 5.92 Å². The number of carbonyl (C=O) groups is 1. The molecule has 2 aromatic rings. The molecule has 0 unspecified atom stereocenters. The van der Waals surface area contributed by atoms with E-state index in [9.17, 15) is 18.5 Å². The van der Waals surface area contributed by atoms with Gasteiger partial charge in [0.2, 0.25) is 15.9 Å². The Labute approximate surface area is 201 Å². The predicted molar refractivity (Wildman–Crippen MR) is 129 cm³/mol. The van der Waals surface area contributed by atoms with Gasteiger partial charge in [0.25, 0.3) is 0 Å². The number of benzene rings is 2. The van der Waals surface area contributed by atoms with Crippen molar-refractivity contribution in [1.82, 2.24) is 9.62 Å². The van der Waals surface area contributed by atoms with Gasteiger partial charge in [-0.15, -0.1) is 0 Å². The highest BCUT2D eigenvalue weighted by molar-refractivity contribution is 7.89. The van der Waals surface area contributed by atoms with E-state index in [1.165, 1.54) is 10.7 Å². The molecule has 1 amide bonds. The van der Waals surface area contributed by atoms with Gasteiger partial charge in [-0.05, 0) is 41.7 Å². The largest absolute Gasteiger partial charge is 0.379 e. The van der Waals surface area contributed by atoms with Crippen LogP contribution < -0.4 is 5.32 Å². The van der Waals surface area contributed by atoms with Gasteiger partial charge in [0.05, 0.1) is 24.2 Å². The Kier molecular flexibility index (Phi) is 7.99. The van der Waals surface area contributed by atoms with E-state index in [4.69, 9.17) is 4.74 Å². The van der Waals surface area contributed by atoms with Gasteiger partial charge in [-0.2, -0.15) is 9.57 Å². The lowest BCUT2D eigenvalue weighted by Crippen LogP contribution is -2.40. The number of ether oxygens (including phenoxy) is 1. The Morgan fingerprint density at radius 2 is 1.59 bits per heavy atom. The van der Waals surface area contributed by atoms with Gasteiger partial charge >= 0.3 is 0 Å². The third-order valence-electron chi connectivity index (χ3n) is 6.64. The van der Waals surface area contributed by atoms with Crippen molar-refractivity contribution in [3.63, 3.8) is 0 Å². The van der Waals surface area contributed by atoms with Crippen LogP contribution in [-0.4, -0.2) is 51.0 Å². The Morgan fingerprint density at radius 3 is 2.18 bits per heavy atom. The van der Waals surface area contributed by atoms with E-state index in [0.29, 0.717) is 32.7 Å². The monoisotopic (exact) mass is 481 g/mol. The first-order chi connectivity index (χ1) is 16.5. The van der Waals surface area contributed by atoms with Crippen LogP contribution in [0.3, 0.4) is 0 Å². The Morgan fingerprint density at radius 1 is 1.00 bits per heavy atom. The molecule has 1 N–H and O–H groups in total. The average molecular weight is 482 g/mol. The van der Waals surface area contributed by atoms with Gasteiger partial charge in [-0.3, -0.25) is 4.79 Å². The Balaban J connectivity index is 1.38. The highest BCUT2D eigenvalue weighted by Gasteiger charge is 2.26. The fraction of sp³-hybridized carbons (Fsp3) is 0.462. The second-order valence-electron chi connectivity index (χ2n) is 8.97. The summed E-state index contributed by atoms with van der Waals surface area (Å²) in [6.07, 6.45) is 5.61. The number of morpholine rings is 1. The minimum atomic E-state index is -3.51. The van der Waals surface area contributed by atoms with Crippen molar-refractivity contribution in [1.29, 1.82) is 5.26 Å². The van der Waals surface area contributed by atoms with Gasteiger partial charge in [-0.25, -0.2) is 8.42 Å². The number of rotatable bonds is 7. The molecule has 34 heavy (non-hydrogen) atoms. The van der Waals surface area contributed by atoms with Crippen LogP contribution in [0.25, 0.3) is 11.1 Å². The molecule has 7 nitrogen and oxygen atoms in total. The summed E-state index contributed by atoms with van der Waals surface area (Å²) in [6.45, 7) is 1.58. The number of carbonyl (C=O) groups excluding carboxylic acids is 1. The van der Waals surface area contributed by atoms with Crippen LogP contribution in [-0.2, 0) is 26.0 Å². The molecule has 1 aliphatic carbocycles. The predicted octanol–water partition coefficient (Wildman–Crippen LogP) is 3.51. The second kappa shape index (κ2) is 11.1. The molecular weight excluding hydrogens is 450 g/mol. The molecule has 1 heterocycles. The van der Waals surface area contributed by atoms with Crippen molar-refractivity contribution in [3.8, 4) is 17.2 Å². The van der Waals surface area contributed by atoms with Crippen molar-refractivity contribution in [2.75, 3.05) is 26.3 Å². The molecule has 1 saturated heterocycles. The zero-order valence-corrected chi connectivity index (χ0v) is 20.1. The molecule has 4 rings (SSSR count). The Bertz CT molecular complexity index is 1110. The highest BCUT2D eigenvalue weighted by atomic mass is 32.2. The van der Waals surface area contributed by atoms with Crippen molar-refractivity contribution >= 4 is 15.9 Å². The molecule has 0 radical (unpaired) electrons. The quantitative estimate of drug-likeness (QED) is 0.652. The summed E-state index contributed by atoms with van der Waals surface area (Å²) in [5.41, 5.74) is 2.83. The number of hydrogen-bond acceptors (Lipinski definition) is 5. The van der Waals surface area contributed by atoms with Crippen LogP contribution in [0, 0.1) is 17.2 Å². The van der Waals surface area contributed by atoms with E-state index in [1.54, 1.807) is 12.1 Å². The molecule has 0 bridgehead atoms. The van der Waals surface area contributed by atoms with Crippen molar-refractivity contribution < 1.29 is 17.9 Å². The van der Waals surface area contributed by atoms with Crippen LogP contribution in [0.15, 0.2) is 53.4 Å². The number of nitriles is 1. The SMILES string of the molecule is N#C[C@H](Cc1ccc(-c2ccc(S(=O)(=O)N3CCOCC3)cc2)cc1)NC(=O)C1CCCCC1. The second-order valence-corrected chi connectivity index (χ2v) is 10.9. The first kappa shape index (κ1) is 24.4. The molecule has 0 spiro atoms. The summed E-state index contributed by atoms with van der Waals surface area (Å²) >= 11 is 0. The minimum Gasteiger partial charge on any atom is -0.379 e. The van der Waals surface area contributed by atoms with Gasteiger partial charge < -0.3 is 10.1 Å². The highest BCUT2D eigenvalue weighted by Crippen LogP contribution is 2.25. The van der Waals surface area contributed by atoms with Crippen molar-refractivity contribution in [3.05, 3.63) is 54.1 Å². The summed E-state index contributed by atoms with van der Waals surface area (Å²) < 4.78 is 32.3. The van der Waals surface area contributed by atoms with Gasteiger partial charge in [0, 0.05) is 25.4 Å². The van der Waals surface area contributed by atoms with Gasteiger partial charge in [0.15, 0.2) is 0 Å². The molecular formula is C26H31N3O4S. The first-order valence-electron chi connectivity index (χ1n) is 11.9. The van der Waals surface area contributed by atoms with Gasteiger partial charge in [-0.1, -0.05) is 55.7 Å². The smallest absolute Gasteiger partial charge is 0.243 e. The summed E-state index contributed by atoms with van der Waals surface area (Å²) in [6, 6.07) is 16.4. The molecule has 0 aromatic heterocycles. The lowest BCUT2D eigenvalue weighted by Gasteiger charge is -2.26. The summed E-state index contributed by atoms with van der Waals surface area (Å²) in [7, 11) is -3.51. The normalized spacial score (nSPS) is 18.7. The molecule has 1 atom stereocenters. The van der Waals surface area contributed by atoms with Gasteiger partial charge in [0.1, 0.15) is 6.04 Å². The molecule has 1 aliphatic heterocycles. The summed E-state index contributed by atoms with van der Waals surface area (Å²) in [5, 5.41) is 12.4. The van der Waals surface area contributed by atoms with Crippen LogP contribution in [0.4, 0.5) is 0 Å². The van der Waals surface area contributed by atoms with E-state index in [1.807, 2.05) is 36.4 Å². The maximum absolute atomic E-state index is 12.8. The maximum atomic E-state index is 12.8. The van der Waals surface area contributed by atoms with E-state index >= 15 is 0 Å².